The summed E-state index contributed by atoms with van der Waals surface area (Å²) in [5.41, 5.74) is 1.44. The van der Waals surface area contributed by atoms with Gasteiger partial charge in [-0.05, 0) is 25.3 Å². The smallest absolute Gasteiger partial charge is 0.326 e. The van der Waals surface area contributed by atoms with Crippen LogP contribution in [0.3, 0.4) is 0 Å². The van der Waals surface area contributed by atoms with Crippen molar-refractivity contribution in [3.05, 3.63) is 36.0 Å². The molecule has 5 nitrogen and oxygen atoms in total. The highest BCUT2D eigenvalue weighted by Gasteiger charge is 2.33. The van der Waals surface area contributed by atoms with Crippen LogP contribution in [0.2, 0.25) is 0 Å². The van der Waals surface area contributed by atoms with E-state index in [-0.39, 0.29) is 5.91 Å². The molecule has 1 fully saturated rings. The van der Waals surface area contributed by atoms with Crippen molar-refractivity contribution in [3.8, 4) is 0 Å². The minimum atomic E-state index is -0.919. The molecule has 1 saturated heterocycles. The average molecular weight is 272 g/mol. The Labute approximate surface area is 116 Å². The average Bonchev–Trinajstić information content (AvgIpc) is 2.90. The Hall–Kier alpha value is -2.30. The van der Waals surface area contributed by atoms with Gasteiger partial charge >= 0.3 is 5.97 Å². The Morgan fingerprint density at radius 1 is 1.25 bits per heavy atom. The van der Waals surface area contributed by atoms with Crippen LogP contribution in [-0.4, -0.2) is 39.5 Å². The number of hydrogen-bond donors (Lipinski definition) is 2. The van der Waals surface area contributed by atoms with Gasteiger partial charge in [0.05, 0.1) is 5.56 Å². The van der Waals surface area contributed by atoms with Crippen molar-refractivity contribution in [1.29, 1.82) is 0 Å². The summed E-state index contributed by atoms with van der Waals surface area (Å²) in [6.07, 6.45) is 3.91. The van der Waals surface area contributed by atoms with Crippen molar-refractivity contribution in [2.24, 2.45) is 0 Å². The molecule has 0 radical (unpaired) electrons. The molecule has 2 heterocycles. The standard InChI is InChI=1S/C15H16N2O3/c18-14(17-8-4-3-7-13(17)15(19)20)11-9-16-12-6-2-1-5-10(11)12/h1-2,5-6,9,13,16H,3-4,7-8H2,(H,19,20)/t13-/m0/s1. The molecule has 0 bridgehead atoms. The van der Waals surface area contributed by atoms with Crippen molar-refractivity contribution in [1.82, 2.24) is 9.88 Å². The van der Waals surface area contributed by atoms with E-state index in [4.69, 9.17) is 0 Å². The van der Waals surface area contributed by atoms with Gasteiger partial charge in [0.15, 0.2) is 0 Å². The summed E-state index contributed by atoms with van der Waals surface area (Å²) < 4.78 is 0. The fourth-order valence-corrected chi connectivity index (χ4v) is 2.83. The Balaban J connectivity index is 1.96. The molecule has 1 aromatic carbocycles. The summed E-state index contributed by atoms with van der Waals surface area (Å²) in [4.78, 5) is 28.5. The molecule has 104 valence electrons. The maximum absolute atomic E-state index is 12.6. The first kappa shape index (κ1) is 12.7. The van der Waals surface area contributed by atoms with E-state index in [0.717, 1.165) is 23.7 Å². The number of carboxylic acid groups (broad SMARTS) is 1. The quantitative estimate of drug-likeness (QED) is 0.880. The van der Waals surface area contributed by atoms with Gasteiger partial charge in [-0.15, -0.1) is 0 Å². The molecular formula is C15H16N2O3. The number of fused-ring (bicyclic) bond motifs is 1. The number of nitrogens with one attached hydrogen (secondary N) is 1. The normalized spacial score (nSPS) is 19.2. The monoisotopic (exact) mass is 272 g/mol. The van der Waals surface area contributed by atoms with E-state index in [0.29, 0.717) is 18.5 Å². The summed E-state index contributed by atoms with van der Waals surface area (Å²) in [5, 5.41) is 10.1. The van der Waals surface area contributed by atoms with Crippen molar-refractivity contribution < 1.29 is 14.7 Å². The number of piperidine rings is 1. The zero-order chi connectivity index (χ0) is 14.1. The second-order valence-electron chi connectivity index (χ2n) is 5.10. The Kier molecular flexibility index (Phi) is 3.18. The number of benzene rings is 1. The lowest BCUT2D eigenvalue weighted by molar-refractivity contribution is -0.143. The first-order valence-corrected chi connectivity index (χ1v) is 6.78. The molecular weight excluding hydrogens is 256 g/mol. The molecule has 1 aliphatic rings. The molecule has 20 heavy (non-hydrogen) atoms. The maximum Gasteiger partial charge on any atom is 0.326 e. The van der Waals surface area contributed by atoms with Crippen molar-refractivity contribution in [3.63, 3.8) is 0 Å². The number of carbonyl (C=O) groups excluding carboxylic acids is 1. The largest absolute Gasteiger partial charge is 0.480 e. The Morgan fingerprint density at radius 2 is 2.05 bits per heavy atom. The van der Waals surface area contributed by atoms with Crippen LogP contribution in [0.25, 0.3) is 10.9 Å². The second kappa shape index (κ2) is 5.00. The second-order valence-corrected chi connectivity index (χ2v) is 5.10. The summed E-state index contributed by atoms with van der Waals surface area (Å²) in [6, 6.07) is 6.84. The van der Waals surface area contributed by atoms with Crippen LogP contribution in [0.4, 0.5) is 0 Å². The van der Waals surface area contributed by atoms with E-state index in [2.05, 4.69) is 4.98 Å². The van der Waals surface area contributed by atoms with Gasteiger partial charge in [-0.2, -0.15) is 0 Å². The van der Waals surface area contributed by atoms with Gasteiger partial charge in [-0.25, -0.2) is 4.79 Å². The summed E-state index contributed by atoms with van der Waals surface area (Å²) >= 11 is 0. The number of para-hydroxylation sites is 1. The van der Waals surface area contributed by atoms with Gasteiger partial charge in [0.1, 0.15) is 6.04 Å². The number of nitrogens with zero attached hydrogens (tertiary/aromatic N) is 1. The van der Waals surface area contributed by atoms with Gasteiger partial charge in [0.2, 0.25) is 0 Å². The number of carbonyl (C=O) groups is 2. The summed E-state index contributed by atoms with van der Waals surface area (Å²) in [7, 11) is 0. The highest BCUT2D eigenvalue weighted by atomic mass is 16.4. The van der Waals surface area contributed by atoms with Crippen LogP contribution >= 0.6 is 0 Å². The fourth-order valence-electron chi connectivity index (χ4n) is 2.83. The molecule has 0 aliphatic carbocycles. The van der Waals surface area contributed by atoms with Crippen molar-refractivity contribution in [2.45, 2.75) is 25.3 Å². The molecule has 1 amide bonds. The third kappa shape index (κ3) is 2.05. The predicted octanol–water partition coefficient (Wildman–Crippen LogP) is 2.25. The first-order valence-electron chi connectivity index (χ1n) is 6.78. The first-order chi connectivity index (χ1) is 9.68. The van der Waals surface area contributed by atoms with Gasteiger partial charge in [-0.3, -0.25) is 4.79 Å². The lowest BCUT2D eigenvalue weighted by Gasteiger charge is -2.32. The minimum Gasteiger partial charge on any atom is -0.480 e. The summed E-state index contributed by atoms with van der Waals surface area (Å²) in [5.74, 6) is -1.12. The molecule has 0 saturated carbocycles. The molecule has 2 aromatic rings. The number of amides is 1. The van der Waals surface area contributed by atoms with E-state index in [1.165, 1.54) is 4.90 Å². The van der Waals surface area contributed by atoms with Gasteiger partial charge in [0, 0.05) is 23.6 Å². The molecule has 1 aromatic heterocycles. The lowest BCUT2D eigenvalue weighted by Crippen LogP contribution is -2.47. The number of aliphatic carboxylic acids is 1. The van der Waals surface area contributed by atoms with E-state index < -0.39 is 12.0 Å². The van der Waals surface area contributed by atoms with Crippen LogP contribution in [-0.2, 0) is 4.79 Å². The molecule has 1 aliphatic heterocycles. The predicted molar refractivity (Wildman–Crippen MR) is 74.6 cm³/mol. The number of hydrogen-bond acceptors (Lipinski definition) is 2. The van der Waals surface area contributed by atoms with Crippen molar-refractivity contribution in [2.75, 3.05) is 6.54 Å². The molecule has 2 N–H and O–H groups in total. The highest BCUT2D eigenvalue weighted by Crippen LogP contribution is 2.24. The van der Waals surface area contributed by atoms with Gasteiger partial charge in [-0.1, -0.05) is 18.2 Å². The molecule has 0 spiro atoms. The lowest BCUT2D eigenvalue weighted by atomic mass is 10.0. The molecule has 1 atom stereocenters. The highest BCUT2D eigenvalue weighted by molar-refractivity contribution is 6.07. The number of carboxylic acids is 1. The zero-order valence-electron chi connectivity index (χ0n) is 11.0. The number of likely N-dealkylation sites (tertiary alicyclic amines) is 1. The van der Waals surface area contributed by atoms with Gasteiger partial charge in [0.25, 0.3) is 5.91 Å². The number of aromatic nitrogens is 1. The van der Waals surface area contributed by atoms with E-state index >= 15 is 0 Å². The molecule has 0 unspecified atom stereocenters. The summed E-state index contributed by atoms with van der Waals surface area (Å²) in [6.45, 7) is 0.509. The number of H-pyrrole nitrogens is 1. The van der Waals surface area contributed by atoms with Crippen LogP contribution in [0.1, 0.15) is 29.6 Å². The number of rotatable bonds is 2. The number of aromatic amines is 1. The van der Waals surface area contributed by atoms with E-state index in [9.17, 15) is 14.7 Å². The minimum absolute atomic E-state index is 0.199. The van der Waals surface area contributed by atoms with Crippen LogP contribution < -0.4 is 0 Å². The topological polar surface area (TPSA) is 73.4 Å². The molecule has 3 rings (SSSR count). The van der Waals surface area contributed by atoms with E-state index in [1.54, 1.807) is 6.20 Å². The third-order valence-electron chi connectivity index (χ3n) is 3.87. The fraction of sp³-hybridized carbons (Fsp3) is 0.333. The van der Waals surface area contributed by atoms with Crippen LogP contribution in [0.5, 0.6) is 0 Å². The van der Waals surface area contributed by atoms with Gasteiger partial charge < -0.3 is 15.0 Å². The van der Waals surface area contributed by atoms with Crippen LogP contribution in [0.15, 0.2) is 30.5 Å². The zero-order valence-corrected chi connectivity index (χ0v) is 11.0. The maximum atomic E-state index is 12.6. The molecule has 5 heteroatoms. The Morgan fingerprint density at radius 3 is 2.85 bits per heavy atom. The van der Waals surface area contributed by atoms with Crippen LogP contribution in [0, 0.1) is 0 Å². The van der Waals surface area contributed by atoms with E-state index in [1.807, 2.05) is 24.3 Å². The SMILES string of the molecule is O=C(O)[C@@H]1CCCCN1C(=O)c1c[nH]c2ccccc12. The third-order valence-corrected chi connectivity index (χ3v) is 3.87. The Bertz CT molecular complexity index is 662. The van der Waals surface area contributed by atoms with Crippen molar-refractivity contribution >= 4 is 22.8 Å².